The first-order valence-electron chi connectivity index (χ1n) is 14.0. The van der Waals surface area contributed by atoms with Crippen LogP contribution in [-0.2, 0) is 6.54 Å². The van der Waals surface area contributed by atoms with Crippen LogP contribution in [0.5, 0.6) is 0 Å². The van der Waals surface area contributed by atoms with Crippen LogP contribution in [0.15, 0.2) is 59.4 Å². The fraction of sp³-hybridized carbons (Fsp3) is 0.419. The van der Waals surface area contributed by atoms with E-state index in [9.17, 15) is 9.59 Å². The number of benzene rings is 2. The van der Waals surface area contributed by atoms with Crippen LogP contribution in [0.2, 0.25) is 0 Å². The summed E-state index contributed by atoms with van der Waals surface area (Å²) in [5.74, 6) is 0.605. The van der Waals surface area contributed by atoms with Crippen LogP contribution < -0.4 is 5.56 Å². The Labute approximate surface area is 234 Å². The molecule has 0 bridgehead atoms. The first-order chi connectivity index (χ1) is 19.0. The molecule has 1 atom stereocenters. The largest absolute Gasteiger partial charge is 0.328 e. The third-order valence-electron chi connectivity index (χ3n) is 7.67. The molecular weight excluding hydrogens is 506 g/mol. The SMILES string of the molecule is CCC(c1nc2snc(C)c2c(=O)n1Cc1ccccc1)N(CCCN1CCCC1)C(=O)c1ccc(C)cc1. The maximum absolute atomic E-state index is 14.1. The van der Waals surface area contributed by atoms with Crippen LogP contribution in [0.3, 0.4) is 0 Å². The lowest BCUT2D eigenvalue weighted by molar-refractivity contribution is 0.0648. The first kappa shape index (κ1) is 27.2. The molecule has 7 nitrogen and oxygen atoms in total. The molecule has 2 aromatic carbocycles. The fourth-order valence-corrected chi connectivity index (χ4v) is 6.31. The molecule has 1 saturated heterocycles. The van der Waals surface area contributed by atoms with Gasteiger partial charge in [-0.25, -0.2) is 4.98 Å². The van der Waals surface area contributed by atoms with Gasteiger partial charge in [0.05, 0.1) is 23.7 Å². The van der Waals surface area contributed by atoms with Crippen molar-refractivity contribution < 1.29 is 4.79 Å². The molecule has 1 aliphatic heterocycles. The Morgan fingerprint density at radius 3 is 2.46 bits per heavy atom. The number of hydrogen-bond acceptors (Lipinski definition) is 6. The smallest absolute Gasteiger partial charge is 0.264 e. The summed E-state index contributed by atoms with van der Waals surface area (Å²) in [6.07, 6.45) is 4.01. The second-order valence-corrected chi connectivity index (χ2v) is 11.2. The van der Waals surface area contributed by atoms with E-state index in [4.69, 9.17) is 4.98 Å². The Hall–Kier alpha value is -3.36. The molecule has 5 rings (SSSR count). The molecule has 2 aromatic heterocycles. The summed E-state index contributed by atoms with van der Waals surface area (Å²) >= 11 is 1.25. The van der Waals surface area contributed by atoms with Crippen LogP contribution in [0.25, 0.3) is 10.2 Å². The molecule has 4 aromatic rings. The van der Waals surface area contributed by atoms with E-state index in [2.05, 4.69) is 16.2 Å². The predicted octanol–water partition coefficient (Wildman–Crippen LogP) is 5.60. The standard InChI is InChI=1S/C31H37N5O2S/c1-4-26(35(20-10-19-34-17-8-9-18-34)30(37)25-15-13-22(2)14-16-25)28-32-29-27(23(3)33-39-29)31(38)36(28)21-24-11-6-5-7-12-24/h5-7,11-16,26H,4,8-10,17-21H2,1-3H3. The lowest BCUT2D eigenvalue weighted by Gasteiger charge is -2.33. The average molecular weight is 544 g/mol. The molecule has 0 saturated carbocycles. The molecule has 204 valence electrons. The Kier molecular flexibility index (Phi) is 8.53. The van der Waals surface area contributed by atoms with Gasteiger partial charge < -0.3 is 9.80 Å². The number of aryl methyl sites for hydroxylation is 2. The van der Waals surface area contributed by atoms with E-state index in [0.29, 0.717) is 46.8 Å². The zero-order valence-electron chi connectivity index (χ0n) is 23.1. The van der Waals surface area contributed by atoms with Crippen LogP contribution >= 0.6 is 11.5 Å². The number of rotatable bonds is 10. The molecule has 3 heterocycles. The second-order valence-electron chi connectivity index (χ2n) is 10.5. The van der Waals surface area contributed by atoms with Gasteiger partial charge >= 0.3 is 0 Å². The minimum Gasteiger partial charge on any atom is -0.328 e. The van der Waals surface area contributed by atoms with Crippen molar-refractivity contribution in [2.75, 3.05) is 26.2 Å². The van der Waals surface area contributed by atoms with E-state index in [0.717, 1.165) is 37.2 Å². The van der Waals surface area contributed by atoms with E-state index >= 15 is 0 Å². The quantitative estimate of drug-likeness (QED) is 0.261. The Balaban J connectivity index is 1.57. The van der Waals surface area contributed by atoms with Gasteiger partial charge in [0.2, 0.25) is 0 Å². The summed E-state index contributed by atoms with van der Waals surface area (Å²) in [5, 5.41) is 0.569. The minimum atomic E-state index is -0.347. The first-order valence-corrected chi connectivity index (χ1v) is 14.7. The van der Waals surface area contributed by atoms with Crippen LogP contribution in [0.4, 0.5) is 0 Å². The van der Waals surface area contributed by atoms with Crippen molar-refractivity contribution in [3.8, 4) is 0 Å². The number of amides is 1. The lowest BCUT2D eigenvalue weighted by Crippen LogP contribution is -2.40. The summed E-state index contributed by atoms with van der Waals surface area (Å²) < 4.78 is 6.21. The molecule has 1 amide bonds. The average Bonchev–Trinajstić information content (AvgIpc) is 3.60. The summed E-state index contributed by atoms with van der Waals surface area (Å²) in [7, 11) is 0. The number of carbonyl (C=O) groups excluding carboxylic acids is 1. The maximum Gasteiger partial charge on any atom is 0.264 e. The summed E-state index contributed by atoms with van der Waals surface area (Å²) in [6.45, 7) is 10.2. The van der Waals surface area contributed by atoms with Crippen molar-refractivity contribution in [2.24, 2.45) is 0 Å². The number of fused-ring (bicyclic) bond motifs is 1. The van der Waals surface area contributed by atoms with Crippen LogP contribution in [0, 0.1) is 13.8 Å². The van der Waals surface area contributed by atoms with Crippen LogP contribution in [0.1, 0.15) is 71.7 Å². The second kappa shape index (κ2) is 12.2. The molecule has 1 fully saturated rings. The van der Waals surface area contributed by atoms with E-state index < -0.39 is 0 Å². The highest BCUT2D eigenvalue weighted by molar-refractivity contribution is 7.12. The monoisotopic (exact) mass is 543 g/mol. The minimum absolute atomic E-state index is 0.0237. The lowest BCUT2D eigenvalue weighted by atomic mass is 10.1. The molecule has 0 spiro atoms. The van der Waals surface area contributed by atoms with Crippen LogP contribution in [-0.4, -0.2) is 55.8 Å². The van der Waals surface area contributed by atoms with Gasteiger partial charge in [-0.05, 0) is 88.4 Å². The van der Waals surface area contributed by atoms with E-state index in [1.807, 2.05) is 73.3 Å². The molecular formula is C31H37N5O2S. The van der Waals surface area contributed by atoms with Crippen molar-refractivity contribution in [1.29, 1.82) is 0 Å². The maximum atomic E-state index is 14.1. The van der Waals surface area contributed by atoms with Crippen molar-refractivity contribution in [1.82, 2.24) is 23.7 Å². The number of hydrogen-bond donors (Lipinski definition) is 0. The van der Waals surface area contributed by atoms with Crippen molar-refractivity contribution >= 4 is 27.7 Å². The highest BCUT2D eigenvalue weighted by Gasteiger charge is 2.30. The number of aromatic nitrogens is 3. The van der Waals surface area contributed by atoms with Gasteiger partial charge in [-0.3, -0.25) is 14.2 Å². The zero-order valence-corrected chi connectivity index (χ0v) is 23.9. The zero-order chi connectivity index (χ0) is 27.4. The molecule has 0 radical (unpaired) electrons. The molecule has 1 unspecified atom stereocenters. The highest BCUT2D eigenvalue weighted by Crippen LogP contribution is 2.28. The van der Waals surface area contributed by atoms with Gasteiger partial charge in [-0.15, -0.1) is 0 Å². The Morgan fingerprint density at radius 2 is 1.77 bits per heavy atom. The number of likely N-dealkylation sites (tertiary alicyclic amines) is 1. The Morgan fingerprint density at radius 1 is 1.05 bits per heavy atom. The fourth-order valence-electron chi connectivity index (χ4n) is 5.53. The van der Waals surface area contributed by atoms with Gasteiger partial charge in [0.15, 0.2) is 4.83 Å². The summed E-state index contributed by atoms with van der Waals surface area (Å²) in [4.78, 5) is 38.1. The van der Waals surface area contributed by atoms with Crippen molar-refractivity contribution in [3.05, 3.63) is 93.2 Å². The summed E-state index contributed by atoms with van der Waals surface area (Å²) in [6, 6.07) is 17.4. The summed E-state index contributed by atoms with van der Waals surface area (Å²) in [5.41, 5.74) is 3.40. The van der Waals surface area contributed by atoms with Gasteiger partial charge in [-0.2, -0.15) is 4.37 Å². The van der Waals surface area contributed by atoms with Crippen molar-refractivity contribution in [3.63, 3.8) is 0 Å². The van der Waals surface area contributed by atoms with E-state index in [-0.39, 0.29) is 17.5 Å². The van der Waals surface area contributed by atoms with E-state index in [1.54, 1.807) is 4.57 Å². The molecule has 1 aliphatic rings. The Bertz CT molecular complexity index is 1470. The van der Waals surface area contributed by atoms with Gasteiger partial charge in [0.25, 0.3) is 11.5 Å². The molecule has 8 heteroatoms. The van der Waals surface area contributed by atoms with Gasteiger partial charge in [-0.1, -0.05) is 55.0 Å². The molecule has 39 heavy (non-hydrogen) atoms. The van der Waals surface area contributed by atoms with Gasteiger partial charge in [0, 0.05) is 12.1 Å². The molecule has 0 aliphatic carbocycles. The predicted molar refractivity (Wildman–Crippen MR) is 157 cm³/mol. The number of nitrogens with zero attached hydrogens (tertiary/aromatic N) is 5. The van der Waals surface area contributed by atoms with Gasteiger partial charge in [0.1, 0.15) is 5.82 Å². The third-order valence-corrected chi connectivity index (χ3v) is 8.51. The van der Waals surface area contributed by atoms with E-state index in [1.165, 1.54) is 24.4 Å². The number of carbonyl (C=O) groups is 1. The highest BCUT2D eigenvalue weighted by atomic mass is 32.1. The van der Waals surface area contributed by atoms with Crippen molar-refractivity contribution in [2.45, 2.75) is 59.0 Å². The third kappa shape index (κ3) is 5.97. The molecule has 0 N–H and O–H groups in total. The normalized spacial score (nSPS) is 14.6. The topological polar surface area (TPSA) is 71.3 Å².